The van der Waals surface area contributed by atoms with Crippen LogP contribution in [0, 0.1) is 11.8 Å². The number of carbonyl (C=O) groups is 1. The maximum atomic E-state index is 12.2. The van der Waals surface area contributed by atoms with E-state index in [2.05, 4.69) is 13.8 Å². The molecule has 0 radical (unpaired) electrons. The summed E-state index contributed by atoms with van der Waals surface area (Å²) < 4.78 is 37.4. The Hall–Kier alpha value is -1.35. The molecule has 31 heavy (non-hydrogen) atoms. The van der Waals surface area contributed by atoms with Gasteiger partial charge in [-0.15, -0.1) is 0 Å². The number of esters is 1. The van der Waals surface area contributed by atoms with Gasteiger partial charge in [-0.3, -0.25) is 4.18 Å². The van der Waals surface area contributed by atoms with Crippen molar-refractivity contribution in [2.24, 2.45) is 11.8 Å². The maximum Gasteiger partial charge on any atom is 0.344 e. The average Bonchev–Trinajstić information content (AvgIpc) is 2.73. The summed E-state index contributed by atoms with van der Waals surface area (Å²) in [5.74, 6) is 0.515. The van der Waals surface area contributed by atoms with Crippen molar-refractivity contribution in [3.63, 3.8) is 0 Å². The Morgan fingerprint density at radius 2 is 1.77 bits per heavy atom. The highest BCUT2D eigenvalue weighted by Gasteiger charge is 2.18. The number of allylic oxidation sites excluding steroid dienone is 1. The van der Waals surface area contributed by atoms with Crippen LogP contribution in [0.15, 0.2) is 46.2 Å². The molecule has 0 saturated heterocycles. The molecule has 1 rings (SSSR count). The first-order valence-electron chi connectivity index (χ1n) is 10.5. The molecule has 0 aliphatic rings. The van der Waals surface area contributed by atoms with E-state index in [1.807, 2.05) is 36.4 Å². The molecule has 8 heteroatoms. The zero-order valence-corrected chi connectivity index (χ0v) is 20.8. The van der Waals surface area contributed by atoms with E-state index in [9.17, 15) is 13.2 Å². The summed E-state index contributed by atoms with van der Waals surface area (Å²) in [6, 6.07) is 9.77. The van der Waals surface area contributed by atoms with E-state index in [0.717, 1.165) is 36.8 Å². The first kappa shape index (κ1) is 27.7. The highest BCUT2D eigenvalue weighted by molar-refractivity contribution is 8.04. The van der Waals surface area contributed by atoms with Gasteiger partial charge in [-0.1, -0.05) is 49.9 Å². The van der Waals surface area contributed by atoms with Gasteiger partial charge < -0.3 is 9.47 Å². The zero-order valence-electron chi connectivity index (χ0n) is 19.2. The van der Waals surface area contributed by atoms with E-state index in [0.29, 0.717) is 23.2 Å². The Kier molecular flexibility index (Phi) is 13.1. The second-order valence-corrected chi connectivity index (χ2v) is 10.6. The number of thioether (sulfide) groups is 1. The molecule has 176 valence electrons. The number of benzene rings is 1. The van der Waals surface area contributed by atoms with Crippen molar-refractivity contribution < 1.29 is 26.9 Å². The van der Waals surface area contributed by atoms with Crippen LogP contribution in [-0.4, -0.2) is 47.6 Å². The molecule has 6 nitrogen and oxygen atoms in total. The minimum atomic E-state index is -3.40. The first-order chi connectivity index (χ1) is 14.7. The summed E-state index contributed by atoms with van der Waals surface area (Å²) in [5, 5.41) is 0. The number of ether oxygens (including phenoxy) is 2. The monoisotopic (exact) mass is 472 g/mol. The van der Waals surface area contributed by atoms with Crippen LogP contribution < -0.4 is 0 Å². The van der Waals surface area contributed by atoms with Crippen LogP contribution in [0.5, 0.6) is 0 Å². The standard InChI is InChI=1S/C23H36O6S2/c1-18(2)19(13-15-20(27-3)10-9-17-29-31(5,25)26)14-16-22(23(24)28-4)30-21-11-7-6-8-12-21/h6-8,11-12,16,18-20H,9-10,13-15,17H2,1-5H3/t19-,20?/m1/s1. The minimum absolute atomic E-state index is 0.0483. The lowest BCUT2D eigenvalue weighted by Gasteiger charge is -2.23. The van der Waals surface area contributed by atoms with Crippen LogP contribution in [0.4, 0.5) is 0 Å². The van der Waals surface area contributed by atoms with Gasteiger partial charge in [0, 0.05) is 12.0 Å². The number of hydrogen-bond donors (Lipinski definition) is 0. The summed E-state index contributed by atoms with van der Waals surface area (Å²) in [6.45, 7) is 4.54. The van der Waals surface area contributed by atoms with Crippen LogP contribution in [0.25, 0.3) is 0 Å². The summed E-state index contributed by atoms with van der Waals surface area (Å²) in [7, 11) is -0.320. The fourth-order valence-electron chi connectivity index (χ4n) is 3.17. The van der Waals surface area contributed by atoms with Gasteiger partial charge in [-0.05, 0) is 56.1 Å². The second kappa shape index (κ2) is 14.7. The van der Waals surface area contributed by atoms with Crippen molar-refractivity contribution in [2.45, 2.75) is 57.0 Å². The number of carbonyl (C=O) groups excluding carboxylic acids is 1. The topological polar surface area (TPSA) is 78.9 Å². The number of methoxy groups -OCH3 is 2. The predicted molar refractivity (Wildman–Crippen MR) is 125 cm³/mol. The van der Waals surface area contributed by atoms with Gasteiger partial charge in [-0.2, -0.15) is 8.42 Å². The highest BCUT2D eigenvalue weighted by atomic mass is 32.2. The van der Waals surface area contributed by atoms with Gasteiger partial charge in [0.15, 0.2) is 0 Å². The van der Waals surface area contributed by atoms with Crippen molar-refractivity contribution in [2.75, 3.05) is 27.1 Å². The lowest BCUT2D eigenvalue weighted by molar-refractivity contribution is -0.135. The van der Waals surface area contributed by atoms with Gasteiger partial charge in [0.1, 0.15) is 0 Å². The third-order valence-electron chi connectivity index (χ3n) is 5.07. The molecule has 1 unspecified atom stereocenters. The molecule has 0 amide bonds. The molecular formula is C23H36O6S2. The lowest BCUT2D eigenvalue weighted by atomic mass is 9.86. The SMILES string of the molecule is COC(=O)C(=CC[C@@H](CCC(CCCOS(C)(=O)=O)OC)C(C)C)Sc1ccccc1. The molecule has 0 bridgehead atoms. The molecule has 0 fully saturated rings. The van der Waals surface area contributed by atoms with Crippen molar-refractivity contribution in [3.05, 3.63) is 41.3 Å². The quantitative estimate of drug-likeness (QED) is 0.116. The van der Waals surface area contributed by atoms with E-state index in [-0.39, 0.29) is 18.7 Å². The molecule has 0 aromatic heterocycles. The normalized spacial score (nSPS) is 14.5. The second-order valence-electron chi connectivity index (χ2n) is 7.82. The van der Waals surface area contributed by atoms with E-state index in [4.69, 9.17) is 13.7 Å². The Labute approximate surface area is 191 Å². The van der Waals surface area contributed by atoms with Crippen molar-refractivity contribution in [3.8, 4) is 0 Å². The van der Waals surface area contributed by atoms with Crippen LogP contribution in [-0.2, 0) is 28.6 Å². The molecule has 2 atom stereocenters. The molecule has 0 aliphatic heterocycles. The Morgan fingerprint density at radius 1 is 1.10 bits per heavy atom. The van der Waals surface area contributed by atoms with Crippen molar-refractivity contribution in [1.29, 1.82) is 0 Å². The zero-order chi connectivity index (χ0) is 23.3. The Balaban J connectivity index is 2.66. The van der Waals surface area contributed by atoms with E-state index >= 15 is 0 Å². The van der Waals surface area contributed by atoms with Gasteiger partial charge in [-0.25, -0.2) is 4.79 Å². The van der Waals surface area contributed by atoms with Gasteiger partial charge in [0.25, 0.3) is 10.1 Å². The van der Waals surface area contributed by atoms with Gasteiger partial charge >= 0.3 is 5.97 Å². The van der Waals surface area contributed by atoms with E-state index in [1.54, 1.807) is 7.11 Å². The fourth-order valence-corrected chi connectivity index (χ4v) is 4.48. The molecule has 0 N–H and O–H groups in total. The summed E-state index contributed by atoms with van der Waals surface area (Å²) in [5.41, 5.74) is 0. The Bertz CT molecular complexity index is 775. The van der Waals surface area contributed by atoms with E-state index in [1.165, 1.54) is 18.9 Å². The van der Waals surface area contributed by atoms with E-state index < -0.39 is 10.1 Å². The molecule has 1 aromatic rings. The molecule has 0 saturated carbocycles. The van der Waals surface area contributed by atoms with Crippen molar-refractivity contribution >= 4 is 27.8 Å². The lowest BCUT2D eigenvalue weighted by Crippen LogP contribution is -2.17. The fraction of sp³-hybridized carbons (Fsp3) is 0.609. The summed E-state index contributed by atoms with van der Waals surface area (Å²) >= 11 is 1.42. The summed E-state index contributed by atoms with van der Waals surface area (Å²) in [4.78, 5) is 13.8. The maximum absolute atomic E-state index is 12.2. The smallest absolute Gasteiger partial charge is 0.344 e. The average molecular weight is 473 g/mol. The molecule has 1 aromatic carbocycles. The third kappa shape index (κ3) is 12.3. The van der Waals surface area contributed by atoms with Gasteiger partial charge in [0.2, 0.25) is 0 Å². The van der Waals surface area contributed by atoms with Crippen LogP contribution >= 0.6 is 11.8 Å². The third-order valence-corrected chi connectivity index (χ3v) is 6.72. The Morgan fingerprint density at radius 3 is 2.32 bits per heavy atom. The van der Waals surface area contributed by atoms with Gasteiger partial charge in [0.05, 0.1) is 31.0 Å². The van der Waals surface area contributed by atoms with Crippen LogP contribution in [0.1, 0.15) is 46.0 Å². The van der Waals surface area contributed by atoms with Crippen LogP contribution in [0.3, 0.4) is 0 Å². The molecular weight excluding hydrogens is 436 g/mol. The molecule has 0 spiro atoms. The van der Waals surface area contributed by atoms with Crippen molar-refractivity contribution in [1.82, 2.24) is 0 Å². The minimum Gasteiger partial charge on any atom is -0.465 e. The molecule has 0 heterocycles. The van der Waals surface area contributed by atoms with Crippen LogP contribution in [0.2, 0.25) is 0 Å². The first-order valence-corrected chi connectivity index (χ1v) is 13.2. The largest absolute Gasteiger partial charge is 0.465 e. The number of rotatable bonds is 15. The number of hydrogen-bond acceptors (Lipinski definition) is 7. The highest BCUT2D eigenvalue weighted by Crippen LogP contribution is 2.30. The predicted octanol–water partition coefficient (Wildman–Crippen LogP) is 5.05. The molecule has 0 aliphatic carbocycles. The summed E-state index contributed by atoms with van der Waals surface area (Å²) in [6.07, 6.45) is 7.04.